The van der Waals surface area contributed by atoms with Crippen molar-refractivity contribution in [3.8, 4) is 0 Å². The van der Waals surface area contributed by atoms with Crippen LogP contribution in [0.3, 0.4) is 0 Å². The zero-order chi connectivity index (χ0) is 12.9. The molecule has 1 fully saturated rings. The first-order valence-corrected chi connectivity index (χ1v) is 6.98. The van der Waals surface area contributed by atoms with E-state index in [9.17, 15) is 0 Å². The lowest BCUT2D eigenvalue weighted by Crippen LogP contribution is -2.56. The van der Waals surface area contributed by atoms with Crippen molar-refractivity contribution in [2.45, 2.75) is 52.1 Å². The van der Waals surface area contributed by atoms with Gasteiger partial charge < -0.3 is 10.1 Å². The normalized spacial score (nSPS) is 27.4. The molecule has 0 bridgehead atoms. The number of likely N-dealkylation sites (tertiary alicyclic amines) is 1. The topological polar surface area (TPSA) is 24.5 Å². The molecule has 17 heavy (non-hydrogen) atoms. The highest BCUT2D eigenvalue weighted by molar-refractivity contribution is 4.90. The van der Waals surface area contributed by atoms with Crippen molar-refractivity contribution in [3.63, 3.8) is 0 Å². The molecule has 1 aliphatic heterocycles. The fourth-order valence-corrected chi connectivity index (χ4v) is 2.77. The quantitative estimate of drug-likeness (QED) is 0.772. The first kappa shape index (κ1) is 14.9. The zero-order valence-electron chi connectivity index (χ0n) is 12.3. The summed E-state index contributed by atoms with van der Waals surface area (Å²) in [6.07, 6.45) is 2.48. The Morgan fingerprint density at radius 2 is 2.12 bits per heavy atom. The van der Waals surface area contributed by atoms with Gasteiger partial charge in [0.2, 0.25) is 0 Å². The molecule has 0 spiro atoms. The van der Waals surface area contributed by atoms with Crippen LogP contribution in [0.4, 0.5) is 0 Å². The standard InChI is InChI=1S/C14H30N2O/c1-6-8-15-13-7-9-16(10-12(13)2)14(3,4)11-17-5/h12-13,15H,6-11H2,1-5H3. The van der Waals surface area contributed by atoms with Gasteiger partial charge in [-0.15, -0.1) is 0 Å². The Morgan fingerprint density at radius 3 is 2.65 bits per heavy atom. The van der Waals surface area contributed by atoms with E-state index in [4.69, 9.17) is 4.74 Å². The van der Waals surface area contributed by atoms with E-state index in [1.165, 1.54) is 25.9 Å². The summed E-state index contributed by atoms with van der Waals surface area (Å²) in [5.74, 6) is 0.728. The van der Waals surface area contributed by atoms with Gasteiger partial charge in [0.25, 0.3) is 0 Å². The van der Waals surface area contributed by atoms with Crippen LogP contribution >= 0.6 is 0 Å². The molecule has 1 saturated heterocycles. The Balaban J connectivity index is 2.45. The maximum atomic E-state index is 5.33. The van der Waals surface area contributed by atoms with E-state index in [1.807, 2.05) is 0 Å². The summed E-state index contributed by atoms with van der Waals surface area (Å²) in [6.45, 7) is 13.5. The van der Waals surface area contributed by atoms with E-state index >= 15 is 0 Å². The Labute approximate surface area is 107 Å². The van der Waals surface area contributed by atoms with Crippen LogP contribution in [0.25, 0.3) is 0 Å². The van der Waals surface area contributed by atoms with Crippen molar-refractivity contribution in [2.75, 3.05) is 33.4 Å². The average molecular weight is 242 g/mol. The summed E-state index contributed by atoms with van der Waals surface area (Å²) >= 11 is 0. The first-order valence-electron chi connectivity index (χ1n) is 6.98. The van der Waals surface area contributed by atoms with Crippen LogP contribution in [0.1, 0.15) is 40.5 Å². The van der Waals surface area contributed by atoms with E-state index in [0.29, 0.717) is 6.04 Å². The molecular formula is C14H30N2O. The second-order valence-corrected chi connectivity index (χ2v) is 6.02. The highest BCUT2D eigenvalue weighted by Gasteiger charge is 2.33. The minimum atomic E-state index is 0.165. The average Bonchev–Trinajstić information content (AvgIpc) is 2.27. The summed E-state index contributed by atoms with van der Waals surface area (Å²) in [6, 6.07) is 0.699. The van der Waals surface area contributed by atoms with E-state index in [-0.39, 0.29) is 5.54 Å². The fourth-order valence-electron chi connectivity index (χ4n) is 2.77. The number of hydrogen-bond acceptors (Lipinski definition) is 3. The summed E-state index contributed by atoms with van der Waals surface area (Å²) < 4.78 is 5.33. The molecule has 0 radical (unpaired) electrons. The number of hydrogen-bond donors (Lipinski definition) is 1. The van der Waals surface area contributed by atoms with Crippen LogP contribution in [-0.2, 0) is 4.74 Å². The molecule has 0 aromatic heterocycles. The van der Waals surface area contributed by atoms with Crippen molar-refractivity contribution in [1.82, 2.24) is 10.2 Å². The molecule has 1 aliphatic rings. The van der Waals surface area contributed by atoms with Gasteiger partial charge in [-0.05, 0) is 39.2 Å². The number of piperidine rings is 1. The lowest BCUT2D eigenvalue weighted by atomic mass is 9.90. The predicted octanol–water partition coefficient (Wildman–Crippen LogP) is 2.12. The summed E-state index contributed by atoms with van der Waals surface area (Å²) in [5, 5.41) is 3.67. The molecule has 3 nitrogen and oxygen atoms in total. The lowest BCUT2D eigenvalue weighted by molar-refractivity contribution is 0.00151. The summed E-state index contributed by atoms with van der Waals surface area (Å²) in [7, 11) is 1.79. The third-order valence-electron chi connectivity index (χ3n) is 3.92. The van der Waals surface area contributed by atoms with Gasteiger partial charge in [-0.25, -0.2) is 0 Å². The summed E-state index contributed by atoms with van der Waals surface area (Å²) in [4.78, 5) is 2.57. The van der Waals surface area contributed by atoms with Crippen molar-refractivity contribution in [2.24, 2.45) is 5.92 Å². The molecule has 2 unspecified atom stereocenters. The van der Waals surface area contributed by atoms with Gasteiger partial charge in [0.1, 0.15) is 0 Å². The van der Waals surface area contributed by atoms with Crippen LogP contribution in [-0.4, -0.2) is 49.8 Å². The van der Waals surface area contributed by atoms with Gasteiger partial charge in [0.15, 0.2) is 0 Å². The first-order chi connectivity index (χ1) is 8.01. The van der Waals surface area contributed by atoms with Crippen LogP contribution in [0.15, 0.2) is 0 Å². The van der Waals surface area contributed by atoms with Crippen molar-refractivity contribution >= 4 is 0 Å². The molecule has 1 heterocycles. The molecule has 0 amide bonds. The SMILES string of the molecule is CCCNC1CCN(C(C)(C)COC)CC1C. The predicted molar refractivity (Wildman–Crippen MR) is 73.4 cm³/mol. The maximum Gasteiger partial charge on any atom is 0.0641 e. The van der Waals surface area contributed by atoms with Crippen LogP contribution in [0.5, 0.6) is 0 Å². The zero-order valence-corrected chi connectivity index (χ0v) is 12.3. The van der Waals surface area contributed by atoms with Crippen LogP contribution < -0.4 is 5.32 Å². The van der Waals surface area contributed by atoms with E-state index in [1.54, 1.807) is 7.11 Å². The number of methoxy groups -OCH3 is 1. The monoisotopic (exact) mass is 242 g/mol. The highest BCUT2D eigenvalue weighted by Crippen LogP contribution is 2.24. The van der Waals surface area contributed by atoms with Gasteiger partial charge in [-0.3, -0.25) is 4.90 Å². The number of nitrogens with zero attached hydrogens (tertiary/aromatic N) is 1. The van der Waals surface area contributed by atoms with Gasteiger partial charge in [-0.2, -0.15) is 0 Å². The van der Waals surface area contributed by atoms with Crippen molar-refractivity contribution in [1.29, 1.82) is 0 Å². The minimum absolute atomic E-state index is 0.165. The van der Waals surface area contributed by atoms with Gasteiger partial charge in [0, 0.05) is 31.8 Å². The van der Waals surface area contributed by atoms with E-state index < -0.39 is 0 Å². The van der Waals surface area contributed by atoms with Crippen LogP contribution in [0.2, 0.25) is 0 Å². The largest absolute Gasteiger partial charge is 0.383 e. The van der Waals surface area contributed by atoms with Gasteiger partial charge in [-0.1, -0.05) is 13.8 Å². The van der Waals surface area contributed by atoms with Crippen molar-refractivity contribution < 1.29 is 4.74 Å². The third kappa shape index (κ3) is 4.23. The molecule has 0 aromatic carbocycles. The Bertz CT molecular complexity index is 218. The molecule has 0 aromatic rings. The molecule has 2 atom stereocenters. The second kappa shape index (κ2) is 6.72. The smallest absolute Gasteiger partial charge is 0.0641 e. The van der Waals surface area contributed by atoms with Gasteiger partial charge >= 0.3 is 0 Å². The molecule has 102 valence electrons. The second-order valence-electron chi connectivity index (χ2n) is 6.02. The molecule has 0 saturated carbocycles. The van der Waals surface area contributed by atoms with E-state index in [2.05, 4.69) is 37.9 Å². The fraction of sp³-hybridized carbons (Fsp3) is 1.00. The number of rotatable bonds is 6. The number of nitrogens with one attached hydrogen (secondary N) is 1. The van der Waals surface area contributed by atoms with Gasteiger partial charge in [0.05, 0.1) is 6.61 Å². The molecule has 0 aliphatic carbocycles. The van der Waals surface area contributed by atoms with Crippen molar-refractivity contribution in [3.05, 3.63) is 0 Å². The molecule has 1 N–H and O–H groups in total. The highest BCUT2D eigenvalue weighted by atomic mass is 16.5. The number of ether oxygens (including phenoxy) is 1. The lowest BCUT2D eigenvalue weighted by Gasteiger charge is -2.45. The van der Waals surface area contributed by atoms with Crippen LogP contribution in [0, 0.1) is 5.92 Å². The minimum Gasteiger partial charge on any atom is -0.383 e. The molecular weight excluding hydrogens is 212 g/mol. The molecule has 1 rings (SSSR count). The Hall–Kier alpha value is -0.120. The summed E-state index contributed by atoms with van der Waals surface area (Å²) in [5.41, 5.74) is 0.165. The Kier molecular flexibility index (Phi) is 5.90. The maximum absolute atomic E-state index is 5.33. The van der Waals surface area contributed by atoms with E-state index in [0.717, 1.165) is 19.1 Å². The molecule has 3 heteroatoms. The Morgan fingerprint density at radius 1 is 1.41 bits per heavy atom. The third-order valence-corrected chi connectivity index (χ3v) is 3.92.